The summed E-state index contributed by atoms with van der Waals surface area (Å²) in [5, 5.41) is 0. The summed E-state index contributed by atoms with van der Waals surface area (Å²) in [5.41, 5.74) is 0.0651. The molecular formula is C13H29NO. The molecule has 2 heteroatoms. The standard InChI is InChI=1S/C11H23NO.C2H6/c1-10(2,11(3,4)13-5)12-8-6-7-9-12;1-2/h6-9H2,1-5H3;1-2H3. The van der Waals surface area contributed by atoms with Crippen molar-refractivity contribution in [3.8, 4) is 0 Å². The van der Waals surface area contributed by atoms with Gasteiger partial charge in [0.25, 0.3) is 0 Å². The van der Waals surface area contributed by atoms with Crippen molar-refractivity contribution in [2.24, 2.45) is 0 Å². The molecule has 0 bridgehead atoms. The molecule has 0 aromatic carbocycles. The second kappa shape index (κ2) is 5.86. The van der Waals surface area contributed by atoms with Crippen LogP contribution in [0, 0.1) is 0 Å². The lowest BCUT2D eigenvalue weighted by Crippen LogP contribution is -2.57. The van der Waals surface area contributed by atoms with Crippen LogP contribution in [0.1, 0.15) is 54.4 Å². The predicted molar refractivity (Wildman–Crippen MR) is 67.3 cm³/mol. The van der Waals surface area contributed by atoms with Gasteiger partial charge in [-0.15, -0.1) is 0 Å². The molecule has 1 fully saturated rings. The number of likely N-dealkylation sites (tertiary alicyclic amines) is 1. The van der Waals surface area contributed by atoms with Gasteiger partial charge in [-0.2, -0.15) is 0 Å². The molecule has 0 atom stereocenters. The van der Waals surface area contributed by atoms with E-state index in [-0.39, 0.29) is 11.1 Å². The van der Waals surface area contributed by atoms with Gasteiger partial charge in [0.2, 0.25) is 0 Å². The van der Waals surface area contributed by atoms with Crippen LogP contribution in [0.25, 0.3) is 0 Å². The highest BCUT2D eigenvalue weighted by Gasteiger charge is 2.42. The average molecular weight is 215 g/mol. The van der Waals surface area contributed by atoms with Crippen molar-refractivity contribution < 1.29 is 4.74 Å². The average Bonchev–Trinajstić information content (AvgIpc) is 2.74. The normalized spacial score (nSPS) is 18.6. The first-order valence-corrected chi connectivity index (χ1v) is 6.22. The van der Waals surface area contributed by atoms with Gasteiger partial charge in [-0.1, -0.05) is 13.8 Å². The summed E-state index contributed by atoms with van der Waals surface area (Å²) in [7, 11) is 1.80. The van der Waals surface area contributed by atoms with Gasteiger partial charge in [-0.25, -0.2) is 0 Å². The fourth-order valence-corrected chi connectivity index (χ4v) is 1.91. The van der Waals surface area contributed by atoms with Crippen LogP contribution in [0.3, 0.4) is 0 Å². The molecule has 1 heterocycles. The Hall–Kier alpha value is -0.0800. The molecule has 0 aromatic rings. The molecule has 0 spiro atoms. The molecule has 92 valence electrons. The fraction of sp³-hybridized carbons (Fsp3) is 1.00. The summed E-state index contributed by atoms with van der Waals surface area (Å²) in [4.78, 5) is 2.54. The molecule has 1 aliphatic heterocycles. The van der Waals surface area contributed by atoms with Crippen LogP contribution in [-0.2, 0) is 4.74 Å². The summed E-state index contributed by atoms with van der Waals surface area (Å²) < 4.78 is 5.57. The molecule has 0 aromatic heterocycles. The molecule has 0 aliphatic carbocycles. The van der Waals surface area contributed by atoms with Crippen LogP contribution in [0.5, 0.6) is 0 Å². The SMILES string of the molecule is CC.COC(C)(C)C(C)(C)N1CCCC1. The summed E-state index contributed by atoms with van der Waals surface area (Å²) in [6.45, 7) is 15.3. The van der Waals surface area contributed by atoms with Gasteiger partial charge >= 0.3 is 0 Å². The second-order valence-corrected chi connectivity index (χ2v) is 4.97. The first-order valence-electron chi connectivity index (χ1n) is 6.22. The van der Waals surface area contributed by atoms with Gasteiger partial charge in [0.05, 0.1) is 5.60 Å². The maximum Gasteiger partial charge on any atom is 0.0800 e. The van der Waals surface area contributed by atoms with Gasteiger partial charge in [-0.05, 0) is 53.6 Å². The molecule has 1 saturated heterocycles. The van der Waals surface area contributed by atoms with Gasteiger partial charge in [0.1, 0.15) is 0 Å². The van der Waals surface area contributed by atoms with Crippen molar-refractivity contribution >= 4 is 0 Å². The maximum atomic E-state index is 5.57. The van der Waals surface area contributed by atoms with E-state index < -0.39 is 0 Å². The topological polar surface area (TPSA) is 12.5 Å². The van der Waals surface area contributed by atoms with Gasteiger partial charge in [0.15, 0.2) is 0 Å². The van der Waals surface area contributed by atoms with Gasteiger partial charge in [-0.3, -0.25) is 4.90 Å². The molecule has 1 rings (SSSR count). The van der Waals surface area contributed by atoms with E-state index >= 15 is 0 Å². The molecular weight excluding hydrogens is 186 g/mol. The van der Waals surface area contributed by atoms with E-state index in [9.17, 15) is 0 Å². The highest BCUT2D eigenvalue weighted by molar-refractivity contribution is 4.98. The number of rotatable bonds is 3. The number of hydrogen-bond donors (Lipinski definition) is 0. The zero-order valence-electron chi connectivity index (χ0n) is 11.7. The van der Waals surface area contributed by atoms with E-state index in [4.69, 9.17) is 4.74 Å². The first kappa shape index (κ1) is 14.9. The van der Waals surface area contributed by atoms with Crippen LogP contribution in [0.4, 0.5) is 0 Å². The van der Waals surface area contributed by atoms with Gasteiger partial charge in [0, 0.05) is 12.6 Å². The largest absolute Gasteiger partial charge is 0.377 e. The van der Waals surface area contributed by atoms with Crippen LogP contribution >= 0.6 is 0 Å². The fourth-order valence-electron chi connectivity index (χ4n) is 1.91. The first-order chi connectivity index (χ1) is 6.92. The molecule has 2 nitrogen and oxygen atoms in total. The summed E-state index contributed by atoms with van der Waals surface area (Å²) >= 11 is 0. The van der Waals surface area contributed by atoms with Crippen LogP contribution < -0.4 is 0 Å². The monoisotopic (exact) mass is 215 g/mol. The van der Waals surface area contributed by atoms with Gasteiger partial charge < -0.3 is 4.74 Å². The van der Waals surface area contributed by atoms with E-state index in [0.717, 1.165) is 0 Å². The number of ether oxygens (including phenoxy) is 1. The third-order valence-corrected chi connectivity index (χ3v) is 3.88. The van der Waals surface area contributed by atoms with E-state index in [1.807, 2.05) is 13.8 Å². The van der Waals surface area contributed by atoms with Crippen molar-refractivity contribution in [3.63, 3.8) is 0 Å². The number of methoxy groups -OCH3 is 1. The smallest absolute Gasteiger partial charge is 0.0800 e. The zero-order valence-corrected chi connectivity index (χ0v) is 11.7. The minimum absolute atomic E-state index is 0.0721. The third kappa shape index (κ3) is 3.18. The maximum absolute atomic E-state index is 5.57. The molecule has 0 N–H and O–H groups in total. The Morgan fingerprint density at radius 1 is 0.933 bits per heavy atom. The Labute approximate surface area is 96.0 Å². The van der Waals surface area contributed by atoms with Crippen molar-refractivity contribution in [3.05, 3.63) is 0 Å². The van der Waals surface area contributed by atoms with Crippen molar-refractivity contribution in [2.75, 3.05) is 20.2 Å². The predicted octanol–water partition coefficient (Wildman–Crippen LogP) is 3.31. The second-order valence-electron chi connectivity index (χ2n) is 4.97. The van der Waals surface area contributed by atoms with Crippen molar-refractivity contribution in [1.82, 2.24) is 4.90 Å². The Morgan fingerprint density at radius 3 is 1.67 bits per heavy atom. The van der Waals surface area contributed by atoms with Crippen molar-refractivity contribution in [1.29, 1.82) is 0 Å². The Morgan fingerprint density at radius 2 is 1.33 bits per heavy atom. The minimum atomic E-state index is -0.0721. The highest BCUT2D eigenvalue weighted by Crippen LogP contribution is 2.33. The van der Waals surface area contributed by atoms with Crippen molar-refractivity contribution in [2.45, 2.75) is 65.5 Å². The number of nitrogens with zero attached hydrogens (tertiary/aromatic N) is 1. The summed E-state index contributed by atoms with van der Waals surface area (Å²) in [6, 6.07) is 0. The third-order valence-electron chi connectivity index (χ3n) is 3.88. The quantitative estimate of drug-likeness (QED) is 0.716. The van der Waals surface area contributed by atoms with Crippen LogP contribution in [-0.4, -0.2) is 36.2 Å². The van der Waals surface area contributed by atoms with E-state index in [1.165, 1.54) is 25.9 Å². The molecule has 0 unspecified atom stereocenters. The Balaban J connectivity index is 0.000000921. The van der Waals surface area contributed by atoms with E-state index in [0.29, 0.717) is 0 Å². The molecule has 0 saturated carbocycles. The summed E-state index contributed by atoms with van der Waals surface area (Å²) in [5.74, 6) is 0. The molecule has 1 aliphatic rings. The van der Waals surface area contributed by atoms with E-state index in [1.54, 1.807) is 7.11 Å². The van der Waals surface area contributed by atoms with E-state index in [2.05, 4.69) is 32.6 Å². The Bertz CT molecular complexity index is 169. The van der Waals surface area contributed by atoms with Crippen LogP contribution in [0.15, 0.2) is 0 Å². The van der Waals surface area contributed by atoms with Crippen LogP contribution in [0.2, 0.25) is 0 Å². The minimum Gasteiger partial charge on any atom is -0.377 e. The Kier molecular flexibility index (Phi) is 5.82. The number of hydrogen-bond acceptors (Lipinski definition) is 2. The lowest BCUT2D eigenvalue weighted by molar-refractivity contribution is -0.0916. The lowest BCUT2D eigenvalue weighted by atomic mass is 9.84. The summed E-state index contributed by atoms with van der Waals surface area (Å²) in [6.07, 6.45) is 2.67. The molecule has 15 heavy (non-hydrogen) atoms. The molecule has 0 amide bonds. The lowest BCUT2D eigenvalue weighted by Gasteiger charge is -2.46. The molecule has 0 radical (unpaired) electrons. The highest BCUT2D eigenvalue weighted by atomic mass is 16.5. The zero-order chi connectivity index (χ0) is 12.1.